The van der Waals surface area contributed by atoms with E-state index >= 15 is 0 Å². The Labute approximate surface area is 68.8 Å². The van der Waals surface area contributed by atoms with Gasteiger partial charge in [0.15, 0.2) is 0 Å². The van der Waals surface area contributed by atoms with Crippen LogP contribution in [0.5, 0.6) is 0 Å². The molecule has 11 heavy (non-hydrogen) atoms. The van der Waals surface area contributed by atoms with Crippen molar-refractivity contribution in [2.24, 2.45) is 0 Å². The summed E-state index contributed by atoms with van der Waals surface area (Å²) in [7, 11) is 0. The molecule has 1 heteroatoms. The molecule has 0 rings (SSSR count). The van der Waals surface area contributed by atoms with Gasteiger partial charge in [-0.05, 0) is 25.5 Å². The van der Waals surface area contributed by atoms with Crippen molar-refractivity contribution in [2.45, 2.75) is 13.8 Å². The Balaban J connectivity index is 3.35. The van der Waals surface area contributed by atoms with Gasteiger partial charge < -0.3 is 4.74 Å². The summed E-state index contributed by atoms with van der Waals surface area (Å²) in [6, 6.07) is 0. The second-order valence-electron chi connectivity index (χ2n) is 2.14. The van der Waals surface area contributed by atoms with Crippen LogP contribution in [0.1, 0.15) is 13.8 Å². The first-order valence-corrected chi connectivity index (χ1v) is 3.63. The maximum Gasteiger partial charge on any atom is 0.0663 e. The van der Waals surface area contributed by atoms with E-state index in [1.165, 1.54) is 0 Å². The molecule has 0 spiro atoms. The van der Waals surface area contributed by atoms with Crippen molar-refractivity contribution in [3.05, 3.63) is 23.8 Å². The summed E-state index contributed by atoms with van der Waals surface area (Å²) in [5.41, 5.74) is 0.922. The molecule has 0 aromatic rings. The van der Waals surface area contributed by atoms with Crippen LogP contribution >= 0.6 is 0 Å². The first kappa shape index (κ1) is 10.0. The SMILES string of the molecule is C#C/C(C)=C\COC/C=C/C. The predicted octanol–water partition coefficient (Wildman–Crippen LogP) is 2.16. The van der Waals surface area contributed by atoms with Gasteiger partial charge in [0.05, 0.1) is 13.2 Å². The molecule has 0 fully saturated rings. The Bertz CT molecular complexity index is 182. The average Bonchev–Trinajstić information content (AvgIpc) is 2.04. The minimum absolute atomic E-state index is 0.598. The Morgan fingerprint density at radius 3 is 2.82 bits per heavy atom. The van der Waals surface area contributed by atoms with Crippen molar-refractivity contribution >= 4 is 0 Å². The summed E-state index contributed by atoms with van der Waals surface area (Å²) in [4.78, 5) is 0. The summed E-state index contributed by atoms with van der Waals surface area (Å²) in [5, 5.41) is 0. The van der Waals surface area contributed by atoms with Gasteiger partial charge in [-0.25, -0.2) is 0 Å². The Morgan fingerprint density at radius 2 is 2.27 bits per heavy atom. The molecule has 0 aliphatic carbocycles. The van der Waals surface area contributed by atoms with Gasteiger partial charge in [0.25, 0.3) is 0 Å². The van der Waals surface area contributed by atoms with Crippen LogP contribution in [-0.2, 0) is 4.74 Å². The molecule has 0 bridgehead atoms. The Kier molecular flexibility index (Phi) is 6.46. The number of terminal acetylenes is 1. The third-order valence-corrected chi connectivity index (χ3v) is 1.18. The molecule has 0 aliphatic heterocycles. The van der Waals surface area contributed by atoms with Gasteiger partial charge in [-0.1, -0.05) is 18.1 Å². The summed E-state index contributed by atoms with van der Waals surface area (Å²) in [5.74, 6) is 2.52. The van der Waals surface area contributed by atoms with E-state index in [-0.39, 0.29) is 0 Å². The van der Waals surface area contributed by atoms with Crippen molar-refractivity contribution in [3.63, 3.8) is 0 Å². The summed E-state index contributed by atoms with van der Waals surface area (Å²) in [6.07, 6.45) is 10.9. The third kappa shape index (κ3) is 6.89. The Hall–Kier alpha value is -1.00. The predicted molar refractivity (Wildman–Crippen MR) is 48.2 cm³/mol. The molecule has 0 atom stereocenters. The summed E-state index contributed by atoms with van der Waals surface area (Å²) in [6.45, 7) is 5.11. The maximum atomic E-state index is 5.19. The molecular weight excluding hydrogens is 136 g/mol. The van der Waals surface area contributed by atoms with Gasteiger partial charge in [0, 0.05) is 0 Å². The lowest BCUT2D eigenvalue weighted by Gasteiger charge is -1.94. The minimum atomic E-state index is 0.598. The van der Waals surface area contributed by atoms with Gasteiger partial charge in [0.1, 0.15) is 0 Å². The third-order valence-electron chi connectivity index (χ3n) is 1.18. The molecule has 0 radical (unpaired) electrons. The van der Waals surface area contributed by atoms with Crippen LogP contribution < -0.4 is 0 Å². The fraction of sp³-hybridized carbons (Fsp3) is 0.400. The molecule has 0 aliphatic rings. The van der Waals surface area contributed by atoms with Gasteiger partial charge >= 0.3 is 0 Å². The molecule has 0 saturated heterocycles. The summed E-state index contributed by atoms with van der Waals surface area (Å²) >= 11 is 0. The van der Waals surface area contributed by atoms with Gasteiger partial charge in [-0.3, -0.25) is 0 Å². The highest BCUT2D eigenvalue weighted by Gasteiger charge is 1.80. The smallest absolute Gasteiger partial charge is 0.0663 e. The average molecular weight is 150 g/mol. The highest BCUT2D eigenvalue weighted by atomic mass is 16.5. The molecule has 0 unspecified atom stereocenters. The van der Waals surface area contributed by atoms with Crippen molar-refractivity contribution < 1.29 is 4.74 Å². The van der Waals surface area contributed by atoms with Gasteiger partial charge in [-0.15, -0.1) is 6.42 Å². The zero-order chi connectivity index (χ0) is 8.53. The molecule has 0 aromatic heterocycles. The van der Waals surface area contributed by atoms with Crippen LogP contribution in [0.3, 0.4) is 0 Å². The quantitative estimate of drug-likeness (QED) is 0.339. The van der Waals surface area contributed by atoms with Crippen LogP contribution in [0.4, 0.5) is 0 Å². The highest BCUT2D eigenvalue weighted by molar-refractivity contribution is 5.22. The lowest BCUT2D eigenvalue weighted by atomic mass is 10.3. The van der Waals surface area contributed by atoms with Crippen molar-refractivity contribution in [2.75, 3.05) is 13.2 Å². The van der Waals surface area contributed by atoms with Crippen LogP contribution in [0.15, 0.2) is 23.8 Å². The molecule has 60 valence electrons. The highest BCUT2D eigenvalue weighted by Crippen LogP contribution is 1.88. The first-order chi connectivity index (χ1) is 5.31. The van der Waals surface area contributed by atoms with E-state index in [0.29, 0.717) is 13.2 Å². The summed E-state index contributed by atoms with van der Waals surface area (Å²) < 4.78 is 5.19. The van der Waals surface area contributed by atoms with E-state index < -0.39 is 0 Å². The fourth-order valence-electron chi connectivity index (χ4n) is 0.475. The van der Waals surface area contributed by atoms with E-state index in [1.54, 1.807) is 0 Å². The largest absolute Gasteiger partial charge is 0.373 e. The fourth-order valence-corrected chi connectivity index (χ4v) is 0.475. The minimum Gasteiger partial charge on any atom is -0.373 e. The molecule has 0 N–H and O–H groups in total. The van der Waals surface area contributed by atoms with Crippen molar-refractivity contribution in [3.8, 4) is 12.3 Å². The zero-order valence-corrected chi connectivity index (χ0v) is 7.13. The zero-order valence-electron chi connectivity index (χ0n) is 7.13. The molecule has 0 amide bonds. The first-order valence-electron chi connectivity index (χ1n) is 3.63. The number of hydrogen-bond acceptors (Lipinski definition) is 1. The van der Waals surface area contributed by atoms with Crippen molar-refractivity contribution in [1.29, 1.82) is 0 Å². The topological polar surface area (TPSA) is 9.23 Å². The monoisotopic (exact) mass is 150 g/mol. The number of hydrogen-bond donors (Lipinski definition) is 0. The lowest BCUT2D eigenvalue weighted by Crippen LogP contribution is -1.90. The van der Waals surface area contributed by atoms with E-state index in [1.807, 2.05) is 32.1 Å². The number of rotatable bonds is 4. The van der Waals surface area contributed by atoms with Gasteiger partial charge in [0.2, 0.25) is 0 Å². The van der Waals surface area contributed by atoms with Crippen molar-refractivity contribution in [1.82, 2.24) is 0 Å². The van der Waals surface area contributed by atoms with Gasteiger partial charge in [-0.2, -0.15) is 0 Å². The van der Waals surface area contributed by atoms with Crippen LogP contribution in [0, 0.1) is 12.3 Å². The standard InChI is InChI=1S/C10H14O/c1-4-6-8-11-9-7-10(3)5-2/h2,4,6-7H,8-9H2,1,3H3/b6-4+,10-7-. The maximum absolute atomic E-state index is 5.19. The van der Waals surface area contributed by atoms with E-state index in [4.69, 9.17) is 11.2 Å². The second kappa shape index (κ2) is 7.11. The van der Waals surface area contributed by atoms with Crippen LogP contribution in [-0.4, -0.2) is 13.2 Å². The molecule has 0 heterocycles. The number of allylic oxidation sites excluding steroid dienone is 2. The Morgan fingerprint density at radius 1 is 1.55 bits per heavy atom. The van der Waals surface area contributed by atoms with E-state index in [2.05, 4.69) is 5.92 Å². The lowest BCUT2D eigenvalue weighted by molar-refractivity contribution is 0.193. The van der Waals surface area contributed by atoms with Crippen LogP contribution in [0.25, 0.3) is 0 Å². The molecule has 0 saturated carbocycles. The number of ether oxygens (including phenoxy) is 1. The normalized spacial score (nSPS) is 11.9. The van der Waals surface area contributed by atoms with E-state index in [0.717, 1.165) is 5.57 Å². The molecule has 0 aromatic carbocycles. The van der Waals surface area contributed by atoms with E-state index in [9.17, 15) is 0 Å². The molecular formula is C10H14O. The molecule has 1 nitrogen and oxygen atoms in total. The van der Waals surface area contributed by atoms with Crippen LogP contribution in [0.2, 0.25) is 0 Å². The second-order valence-corrected chi connectivity index (χ2v) is 2.14.